The number of cyclic esters (lactones) is 1. The number of hydrogen-bond acceptors (Lipinski definition) is 7. The van der Waals surface area contributed by atoms with Crippen molar-refractivity contribution in [1.82, 2.24) is 0 Å². The first-order valence-electron chi connectivity index (χ1n) is 23.6. The third-order valence-corrected chi connectivity index (χ3v) is 19.3. The van der Waals surface area contributed by atoms with Crippen LogP contribution in [0.5, 0.6) is 0 Å². The monoisotopic (exact) mass is 829 g/mol. The maximum atomic E-state index is 12.9. The molecule has 3 saturated heterocycles. The number of allylic oxidation sites excluding steroid dienone is 1. The van der Waals surface area contributed by atoms with Gasteiger partial charge in [0.1, 0.15) is 10.9 Å². The van der Waals surface area contributed by atoms with Crippen LogP contribution in [0.25, 0.3) is 0 Å². The Morgan fingerprint density at radius 1 is 0.825 bits per heavy atom. The van der Waals surface area contributed by atoms with E-state index >= 15 is 0 Å². The Morgan fingerprint density at radius 3 is 2.02 bits per heavy atom. The number of unbranched alkanes of at least 4 members (excludes halogenated alkanes) is 14. The molecule has 4 rings (SSSR count). The average molecular weight is 829 g/mol. The Morgan fingerprint density at radius 2 is 1.40 bits per heavy atom. The normalized spacial score (nSPS) is 26.7. The lowest BCUT2D eigenvalue weighted by Gasteiger charge is -2.41. The summed E-state index contributed by atoms with van der Waals surface area (Å²) in [6.45, 7) is 16.1. The van der Waals surface area contributed by atoms with E-state index < -0.39 is 19.2 Å². The first kappa shape index (κ1) is 48.5. The lowest BCUT2D eigenvalue weighted by atomic mass is 9.96. The molecule has 1 aromatic carbocycles. The highest BCUT2D eigenvalue weighted by molar-refractivity contribution is 8.01. The number of aliphatic hydroxyl groups is 1. The second-order valence-corrected chi connectivity index (χ2v) is 25.6. The van der Waals surface area contributed by atoms with Crippen molar-refractivity contribution in [2.75, 3.05) is 0 Å². The summed E-state index contributed by atoms with van der Waals surface area (Å²) in [4.78, 5) is 14.0. The van der Waals surface area contributed by atoms with Crippen LogP contribution in [-0.4, -0.2) is 66.9 Å². The fourth-order valence-corrected chi connectivity index (χ4v) is 11.7. The number of ether oxygens (including phenoxy) is 3. The molecule has 3 heterocycles. The molecular weight excluding hydrogens is 745 g/mol. The van der Waals surface area contributed by atoms with Crippen LogP contribution < -0.4 is 0 Å². The van der Waals surface area contributed by atoms with Crippen LogP contribution in [0.1, 0.15) is 189 Å². The largest absolute Gasteiger partial charge is 0.462 e. The minimum Gasteiger partial charge on any atom is -0.462 e. The molecule has 0 amide bonds. The van der Waals surface area contributed by atoms with Gasteiger partial charge in [0.15, 0.2) is 8.32 Å². The summed E-state index contributed by atoms with van der Waals surface area (Å²) in [5.41, 5.74) is 0. The average Bonchev–Trinajstić information content (AvgIpc) is 3.92. The molecule has 1 N–H and O–H groups in total. The first-order chi connectivity index (χ1) is 27.3. The predicted octanol–water partition coefficient (Wildman–Crippen LogP) is 13.7. The predicted molar refractivity (Wildman–Crippen MR) is 242 cm³/mol. The van der Waals surface area contributed by atoms with Crippen molar-refractivity contribution in [2.24, 2.45) is 0 Å². The van der Waals surface area contributed by atoms with Gasteiger partial charge >= 0.3 is 5.97 Å². The maximum Gasteiger partial charge on any atom is 0.322 e. The fourth-order valence-electron chi connectivity index (χ4n) is 8.83. The smallest absolute Gasteiger partial charge is 0.322 e. The van der Waals surface area contributed by atoms with E-state index in [1.165, 1.54) is 89.9 Å². The molecule has 0 aromatic heterocycles. The summed E-state index contributed by atoms with van der Waals surface area (Å²) in [6, 6.07) is 10.3. The van der Waals surface area contributed by atoms with E-state index in [1.54, 1.807) is 11.8 Å². The van der Waals surface area contributed by atoms with Crippen LogP contribution >= 0.6 is 11.8 Å². The Bertz CT molecular complexity index is 1280. The molecule has 0 radical (unpaired) electrons. The molecule has 0 bridgehead atoms. The number of rotatable bonds is 28. The van der Waals surface area contributed by atoms with Gasteiger partial charge in [-0.2, -0.15) is 0 Å². The zero-order valence-electron chi connectivity index (χ0n) is 37.5. The van der Waals surface area contributed by atoms with Gasteiger partial charge in [-0.05, 0) is 95.0 Å². The summed E-state index contributed by atoms with van der Waals surface area (Å²) < 4.78 is 25.6. The molecule has 8 atom stereocenters. The van der Waals surface area contributed by atoms with Gasteiger partial charge in [0.25, 0.3) is 0 Å². The summed E-state index contributed by atoms with van der Waals surface area (Å²) in [6.07, 6.45) is 31.8. The highest BCUT2D eigenvalue weighted by atomic mass is 32.2. The van der Waals surface area contributed by atoms with Crippen molar-refractivity contribution in [2.45, 2.75) is 259 Å². The molecule has 8 heteroatoms. The summed E-state index contributed by atoms with van der Waals surface area (Å²) >= 11 is 1.70. The van der Waals surface area contributed by atoms with Crippen molar-refractivity contribution in [3.05, 3.63) is 42.5 Å². The quantitative estimate of drug-likeness (QED) is 0.0390. The van der Waals surface area contributed by atoms with Crippen LogP contribution in [0.2, 0.25) is 18.1 Å². The minimum atomic E-state index is -1.92. The standard InChI is InChI=1S/C49H84O6SSi/c1-8-9-10-11-12-18-21-27-32-46(55-57(6,7)48(3,4)5)45-36-35-44(54-45)43-34-33-42(53-43)41(50)31-26-20-17-15-13-14-16-19-22-28-37-49(38-39(2)52-47(49)51)56-40-29-24-23-25-30-40/h20,23-26,29-30,39,41-46,50H,8-19,21-22,27-28,31-38H2,1-7H3/b26-20+/t39-,41+,42+,43-,44-,45+,46-,49?/m0/s1. The molecule has 0 aliphatic carbocycles. The molecule has 1 unspecified atom stereocenters. The van der Waals surface area contributed by atoms with Crippen LogP contribution in [0.3, 0.4) is 0 Å². The van der Waals surface area contributed by atoms with Gasteiger partial charge in [-0.25, -0.2) is 0 Å². The third kappa shape index (κ3) is 16.3. The Hall–Kier alpha value is -1.16. The number of carbonyl (C=O) groups excluding carboxylic acids is 1. The third-order valence-electron chi connectivity index (χ3n) is 13.4. The van der Waals surface area contributed by atoms with Crippen molar-refractivity contribution in [3.63, 3.8) is 0 Å². The zero-order valence-corrected chi connectivity index (χ0v) is 39.3. The van der Waals surface area contributed by atoms with Crippen LogP contribution in [0.15, 0.2) is 47.4 Å². The van der Waals surface area contributed by atoms with E-state index in [1.807, 2.05) is 25.1 Å². The number of thioether (sulfide) groups is 1. The summed E-state index contributed by atoms with van der Waals surface area (Å²) in [5.74, 6) is -0.0304. The number of esters is 1. The SMILES string of the molecule is CCCCCCCCCC[C@H](O[Si](C)(C)C(C)(C)C)[C@H]1CC[C@@H]([C@@H]2CC[C@H]([C@H](O)C/C=C/CCCCCCCCCC3(Sc4ccccc4)C[C@H](C)OC3=O)O2)O1. The van der Waals surface area contributed by atoms with Crippen molar-refractivity contribution < 1.29 is 28.5 Å². The molecule has 1 aromatic rings. The lowest BCUT2D eigenvalue weighted by molar-refractivity contribution is -0.142. The highest BCUT2D eigenvalue weighted by Crippen LogP contribution is 2.46. The van der Waals surface area contributed by atoms with Crippen molar-refractivity contribution >= 4 is 26.0 Å². The Kier molecular flexibility index (Phi) is 21.2. The van der Waals surface area contributed by atoms with Crippen molar-refractivity contribution in [1.29, 1.82) is 0 Å². The number of benzene rings is 1. The van der Waals surface area contributed by atoms with Crippen LogP contribution in [-0.2, 0) is 23.4 Å². The molecule has 0 spiro atoms. The maximum absolute atomic E-state index is 12.9. The molecule has 326 valence electrons. The molecular formula is C49H84O6SSi. The second kappa shape index (κ2) is 24.9. The van der Waals surface area contributed by atoms with E-state index in [4.69, 9.17) is 18.6 Å². The van der Waals surface area contributed by atoms with Gasteiger partial charge in [-0.1, -0.05) is 148 Å². The van der Waals surface area contributed by atoms with Gasteiger partial charge in [0, 0.05) is 11.3 Å². The molecule has 57 heavy (non-hydrogen) atoms. The van der Waals surface area contributed by atoms with E-state index in [2.05, 4.69) is 65.1 Å². The van der Waals surface area contributed by atoms with E-state index in [9.17, 15) is 9.90 Å². The number of carbonyl (C=O) groups is 1. The Balaban J connectivity index is 1.07. The topological polar surface area (TPSA) is 74.2 Å². The van der Waals surface area contributed by atoms with Crippen LogP contribution in [0.4, 0.5) is 0 Å². The molecule has 3 fully saturated rings. The van der Waals surface area contributed by atoms with E-state index in [0.717, 1.165) is 62.7 Å². The second-order valence-electron chi connectivity index (χ2n) is 19.4. The number of hydrogen-bond donors (Lipinski definition) is 1. The molecule has 3 aliphatic heterocycles. The minimum absolute atomic E-state index is 0.000723. The number of aliphatic hydroxyl groups excluding tert-OH is 1. The van der Waals surface area contributed by atoms with Gasteiger partial charge < -0.3 is 23.7 Å². The summed E-state index contributed by atoms with van der Waals surface area (Å²) in [7, 11) is -1.92. The Labute approximate surface area is 354 Å². The molecule has 3 aliphatic rings. The zero-order chi connectivity index (χ0) is 41.2. The van der Waals surface area contributed by atoms with Crippen LogP contribution in [0, 0.1) is 0 Å². The molecule has 0 saturated carbocycles. The van der Waals surface area contributed by atoms with Crippen molar-refractivity contribution in [3.8, 4) is 0 Å². The summed E-state index contributed by atoms with van der Waals surface area (Å²) in [5, 5.41) is 11.2. The highest BCUT2D eigenvalue weighted by Gasteiger charge is 2.48. The van der Waals surface area contributed by atoms with Gasteiger partial charge in [0.05, 0.1) is 36.6 Å². The van der Waals surface area contributed by atoms with Gasteiger partial charge in [-0.3, -0.25) is 4.79 Å². The van der Waals surface area contributed by atoms with E-state index in [-0.39, 0.29) is 47.6 Å². The lowest BCUT2D eigenvalue weighted by Crippen LogP contribution is -2.47. The first-order valence-corrected chi connectivity index (χ1v) is 27.3. The fraction of sp³-hybridized carbons (Fsp3) is 0.816. The van der Waals surface area contributed by atoms with E-state index in [0.29, 0.717) is 6.42 Å². The van der Waals surface area contributed by atoms with Gasteiger partial charge in [-0.15, -0.1) is 11.8 Å². The van der Waals surface area contributed by atoms with Gasteiger partial charge in [0.2, 0.25) is 0 Å². The molecule has 6 nitrogen and oxygen atoms in total.